The van der Waals surface area contributed by atoms with Crippen LogP contribution in [0.15, 0.2) is 41.3 Å². The lowest BCUT2D eigenvalue weighted by molar-refractivity contribution is -0.0436. The van der Waals surface area contributed by atoms with Crippen LogP contribution in [0.5, 0.6) is 0 Å². The minimum absolute atomic E-state index is 0.00117. The minimum Gasteiger partial charge on any atom is -0.352 e. The van der Waals surface area contributed by atoms with E-state index in [-0.39, 0.29) is 23.4 Å². The number of carbonyl (C=O) groups excluding carboxylic acids is 1. The van der Waals surface area contributed by atoms with Crippen LogP contribution in [0.2, 0.25) is 0 Å². The summed E-state index contributed by atoms with van der Waals surface area (Å²) < 4.78 is 62.9. The average Bonchev–Trinajstić information content (AvgIpc) is 3.11. The molecule has 1 heterocycles. The Morgan fingerprint density at radius 3 is 2.31 bits per heavy atom. The van der Waals surface area contributed by atoms with Gasteiger partial charge in [-0.2, -0.15) is 13.2 Å². The zero-order chi connectivity index (χ0) is 21.4. The lowest BCUT2D eigenvalue weighted by Gasteiger charge is -2.12. The molecule has 0 spiro atoms. The number of benzene rings is 2. The van der Waals surface area contributed by atoms with E-state index < -0.39 is 20.2 Å². The third kappa shape index (κ3) is 3.71. The van der Waals surface area contributed by atoms with Crippen molar-refractivity contribution in [2.75, 3.05) is 6.54 Å². The number of imidazole rings is 1. The fourth-order valence-corrected chi connectivity index (χ4v) is 4.07. The number of aryl methyl sites for hydroxylation is 1. The van der Waals surface area contributed by atoms with E-state index in [2.05, 4.69) is 15.3 Å². The van der Waals surface area contributed by atoms with Crippen LogP contribution in [0.3, 0.4) is 0 Å². The molecule has 0 aliphatic carbocycles. The molecule has 0 fully saturated rings. The van der Waals surface area contributed by atoms with Gasteiger partial charge in [-0.3, -0.25) is 4.79 Å². The Morgan fingerprint density at radius 1 is 1.10 bits per heavy atom. The molecule has 1 aromatic heterocycles. The highest BCUT2D eigenvalue weighted by Crippen LogP contribution is 2.35. The number of carbonyl (C=O) groups is 1. The molecule has 0 radical (unpaired) electrons. The molecule has 29 heavy (non-hydrogen) atoms. The monoisotopic (exact) mass is 425 g/mol. The van der Waals surface area contributed by atoms with Gasteiger partial charge in [0.05, 0.1) is 15.9 Å². The number of nitrogens with zero attached hydrogens (tertiary/aromatic N) is 1. The highest BCUT2D eigenvalue weighted by Gasteiger charge is 2.48. The number of H-pyrrole nitrogens is 1. The van der Waals surface area contributed by atoms with Crippen LogP contribution in [-0.2, 0) is 16.3 Å². The molecule has 0 saturated carbocycles. The van der Waals surface area contributed by atoms with Gasteiger partial charge < -0.3 is 10.3 Å². The Hall–Kier alpha value is -2.88. The summed E-state index contributed by atoms with van der Waals surface area (Å²) in [6.07, 6.45) is 0.0579. The Labute approximate surface area is 165 Å². The maximum absolute atomic E-state index is 13.0. The first-order valence-corrected chi connectivity index (χ1v) is 10.3. The second-order valence-corrected chi connectivity index (χ2v) is 8.17. The number of alkyl halides is 3. The summed E-state index contributed by atoms with van der Waals surface area (Å²) in [6, 6.07) is 8.74. The smallest absolute Gasteiger partial charge is 0.352 e. The summed E-state index contributed by atoms with van der Waals surface area (Å²) in [7, 11) is -5.48. The lowest BCUT2D eigenvalue weighted by Crippen LogP contribution is -2.24. The van der Waals surface area contributed by atoms with Crippen molar-refractivity contribution in [3.63, 3.8) is 0 Å². The van der Waals surface area contributed by atoms with Gasteiger partial charge in [-0.15, -0.1) is 0 Å². The normalized spacial score (nSPS) is 12.3. The molecular weight excluding hydrogens is 407 g/mol. The quantitative estimate of drug-likeness (QED) is 0.650. The van der Waals surface area contributed by atoms with Crippen LogP contribution in [0.1, 0.15) is 29.8 Å². The van der Waals surface area contributed by atoms with Gasteiger partial charge in [0.25, 0.3) is 15.7 Å². The summed E-state index contributed by atoms with van der Waals surface area (Å²) >= 11 is 0. The summed E-state index contributed by atoms with van der Waals surface area (Å²) in [5, 5.41) is 2.68. The fourth-order valence-electron chi connectivity index (χ4n) is 3.01. The molecule has 3 rings (SSSR count). The molecule has 0 aliphatic heterocycles. The third-order valence-corrected chi connectivity index (χ3v) is 5.99. The van der Waals surface area contributed by atoms with Gasteiger partial charge >= 0.3 is 5.51 Å². The molecule has 0 aliphatic rings. The number of aromatic nitrogens is 2. The predicted octanol–water partition coefficient (Wildman–Crippen LogP) is 3.84. The zero-order valence-corrected chi connectivity index (χ0v) is 16.4. The summed E-state index contributed by atoms with van der Waals surface area (Å²) in [5.74, 6) is 0.137. The van der Waals surface area contributed by atoms with Crippen molar-refractivity contribution >= 4 is 26.8 Å². The number of aromatic amines is 1. The molecule has 10 heteroatoms. The second kappa shape index (κ2) is 7.51. The molecular formula is C19H18F3N3O3S. The van der Waals surface area contributed by atoms with E-state index in [0.717, 1.165) is 6.07 Å². The predicted molar refractivity (Wildman–Crippen MR) is 102 cm³/mol. The summed E-state index contributed by atoms with van der Waals surface area (Å²) in [4.78, 5) is 18.4. The molecule has 0 atom stereocenters. The Bertz CT molecular complexity index is 1170. The number of nitrogens with one attached hydrogen (secondary N) is 2. The van der Waals surface area contributed by atoms with Crippen molar-refractivity contribution in [3.8, 4) is 11.4 Å². The zero-order valence-electron chi connectivity index (χ0n) is 15.6. The number of hydrogen-bond donors (Lipinski definition) is 2. The molecule has 2 N–H and O–H groups in total. The number of fused-ring (bicyclic) bond motifs is 1. The van der Waals surface area contributed by atoms with Gasteiger partial charge in [0.2, 0.25) is 0 Å². The maximum Gasteiger partial charge on any atom is 0.501 e. The lowest BCUT2D eigenvalue weighted by atomic mass is 10.1. The molecule has 0 bridgehead atoms. The molecule has 0 saturated heterocycles. The fraction of sp³-hybridized carbons (Fsp3) is 0.263. The molecule has 6 nitrogen and oxygen atoms in total. The van der Waals surface area contributed by atoms with Crippen LogP contribution in [-0.4, -0.2) is 36.3 Å². The maximum atomic E-state index is 13.0. The van der Waals surface area contributed by atoms with E-state index in [0.29, 0.717) is 29.0 Å². The first-order valence-electron chi connectivity index (χ1n) is 8.81. The van der Waals surface area contributed by atoms with Gasteiger partial charge in [-0.1, -0.05) is 19.1 Å². The molecule has 3 aromatic rings. The number of sulfone groups is 1. The van der Waals surface area contributed by atoms with Crippen molar-refractivity contribution in [1.29, 1.82) is 0 Å². The number of rotatable bonds is 5. The Morgan fingerprint density at radius 2 is 1.76 bits per heavy atom. The Kier molecular flexibility index (Phi) is 5.40. The van der Waals surface area contributed by atoms with Gasteiger partial charge in [0.15, 0.2) is 0 Å². The van der Waals surface area contributed by atoms with Crippen LogP contribution in [0.4, 0.5) is 13.2 Å². The van der Waals surface area contributed by atoms with Crippen molar-refractivity contribution in [1.82, 2.24) is 15.3 Å². The van der Waals surface area contributed by atoms with Crippen LogP contribution in [0.25, 0.3) is 22.4 Å². The van der Waals surface area contributed by atoms with E-state index in [1.54, 1.807) is 38.1 Å². The second-order valence-electron chi connectivity index (χ2n) is 6.26. The van der Waals surface area contributed by atoms with E-state index in [9.17, 15) is 26.4 Å². The summed E-state index contributed by atoms with van der Waals surface area (Å²) in [5.41, 5.74) is -3.73. The van der Waals surface area contributed by atoms with E-state index in [4.69, 9.17) is 0 Å². The molecule has 154 valence electrons. The minimum atomic E-state index is -5.48. The largest absolute Gasteiger partial charge is 0.501 e. The van der Waals surface area contributed by atoms with Crippen LogP contribution < -0.4 is 5.32 Å². The van der Waals surface area contributed by atoms with Crippen molar-refractivity contribution in [2.24, 2.45) is 0 Å². The number of amides is 1. The number of hydrogen-bond acceptors (Lipinski definition) is 4. The van der Waals surface area contributed by atoms with Gasteiger partial charge in [0, 0.05) is 17.7 Å². The van der Waals surface area contributed by atoms with E-state index in [1.165, 1.54) is 6.07 Å². The first kappa shape index (κ1) is 20.8. The van der Waals surface area contributed by atoms with E-state index >= 15 is 0 Å². The van der Waals surface area contributed by atoms with Gasteiger partial charge in [0.1, 0.15) is 5.82 Å². The van der Waals surface area contributed by atoms with E-state index in [1.807, 2.05) is 0 Å². The topological polar surface area (TPSA) is 91.9 Å². The van der Waals surface area contributed by atoms with Crippen molar-refractivity contribution in [3.05, 3.63) is 47.5 Å². The van der Waals surface area contributed by atoms with Crippen molar-refractivity contribution in [2.45, 2.75) is 30.7 Å². The molecule has 0 unspecified atom stereocenters. The average molecular weight is 425 g/mol. The highest BCUT2D eigenvalue weighted by atomic mass is 32.2. The van der Waals surface area contributed by atoms with Gasteiger partial charge in [-0.05, 0) is 43.2 Å². The van der Waals surface area contributed by atoms with Gasteiger partial charge in [-0.25, -0.2) is 13.4 Å². The molecule has 2 aromatic carbocycles. The first-order chi connectivity index (χ1) is 13.6. The van der Waals surface area contributed by atoms with Crippen molar-refractivity contribution < 1.29 is 26.4 Å². The van der Waals surface area contributed by atoms with Crippen LogP contribution >= 0.6 is 0 Å². The number of halogens is 3. The highest BCUT2D eigenvalue weighted by molar-refractivity contribution is 7.92. The Balaban J connectivity index is 2.08. The van der Waals surface area contributed by atoms with Crippen LogP contribution in [0, 0.1) is 0 Å². The standard InChI is InChI=1S/C19H18F3N3O3S/c1-3-13-15(29(27,28)19(20,21)22)10-9-14-16(13)25-17(24-14)11-5-7-12(8-6-11)18(26)23-4-2/h5-10H,3-4H2,1-2H3,(H,23,26)(H,24,25). The third-order valence-electron chi connectivity index (χ3n) is 4.42. The SMILES string of the molecule is CCNC(=O)c1ccc(-c2nc3c(CC)c(S(=O)(=O)C(F)(F)F)ccc3[nH]2)cc1. The molecule has 1 amide bonds. The summed E-state index contributed by atoms with van der Waals surface area (Å²) in [6.45, 7) is 3.87.